The summed E-state index contributed by atoms with van der Waals surface area (Å²) in [4.78, 5) is 35.3. The number of piperidine rings is 1. The van der Waals surface area contributed by atoms with Crippen molar-refractivity contribution in [2.75, 3.05) is 26.2 Å². The summed E-state index contributed by atoms with van der Waals surface area (Å²) >= 11 is 0. The minimum absolute atomic E-state index is 0.0316. The summed E-state index contributed by atoms with van der Waals surface area (Å²) in [5.74, 6) is -1.47. The third-order valence-electron chi connectivity index (χ3n) is 5.34. The van der Waals surface area contributed by atoms with Gasteiger partial charge < -0.3 is 21.1 Å². The summed E-state index contributed by atoms with van der Waals surface area (Å²) in [6.45, 7) is 3.47. The van der Waals surface area contributed by atoms with Gasteiger partial charge in [0, 0.05) is 25.9 Å². The van der Waals surface area contributed by atoms with Crippen molar-refractivity contribution in [1.29, 1.82) is 0 Å². The summed E-state index contributed by atoms with van der Waals surface area (Å²) in [7, 11) is -4.06. The maximum Gasteiger partial charge on any atom is 0.323 e. The zero-order valence-electron chi connectivity index (χ0n) is 18.2. The second-order valence-electron chi connectivity index (χ2n) is 7.96. The van der Waals surface area contributed by atoms with Crippen molar-refractivity contribution in [1.82, 2.24) is 20.7 Å². The topological polar surface area (TPSA) is 154 Å². The molecule has 1 atom stereocenters. The molecule has 11 heteroatoms. The van der Waals surface area contributed by atoms with E-state index in [0.29, 0.717) is 12.3 Å². The van der Waals surface area contributed by atoms with Crippen LogP contribution in [0.3, 0.4) is 0 Å². The molecule has 1 aromatic carbocycles. The zero-order chi connectivity index (χ0) is 23.6. The Morgan fingerprint density at radius 1 is 1.06 bits per heavy atom. The Kier molecular flexibility index (Phi) is 10.1. The fourth-order valence-electron chi connectivity index (χ4n) is 3.37. The fraction of sp³-hybridized carbons (Fsp3) is 0.571. The Hall–Kier alpha value is -2.50. The molecule has 2 amide bonds. The van der Waals surface area contributed by atoms with Crippen LogP contribution in [-0.4, -0.2) is 63.5 Å². The third-order valence-corrected chi connectivity index (χ3v) is 6.83. The lowest BCUT2D eigenvalue weighted by molar-refractivity contribution is -0.138. The predicted molar refractivity (Wildman–Crippen MR) is 118 cm³/mol. The molecule has 0 radical (unpaired) electrons. The largest absolute Gasteiger partial charge is 0.480 e. The van der Waals surface area contributed by atoms with Crippen LogP contribution in [-0.2, 0) is 24.4 Å². The molecule has 0 aromatic heterocycles. The number of aliphatic carboxylic acids is 1. The smallest absolute Gasteiger partial charge is 0.323 e. The molecule has 0 saturated carbocycles. The molecular formula is C21H32N4O6S. The molecule has 0 spiro atoms. The molecule has 1 saturated heterocycles. The minimum Gasteiger partial charge on any atom is -0.480 e. The summed E-state index contributed by atoms with van der Waals surface area (Å²) in [6, 6.07) is 4.44. The standard InChI is InChI=1S/C21H32N4O6S/c1-15-2-5-17(6-3-15)32(30,31)25-18(21(28)29)14-24-20(27)10-13-23-19(26)7-4-16-8-11-22-12-9-16/h2-3,5-6,16,18,22,25H,4,7-14H2,1H3,(H,23,26)(H,24,27)(H,28,29)/t18-/m0/s1. The molecule has 2 rings (SSSR count). The molecule has 1 aliphatic heterocycles. The number of carbonyl (C=O) groups excluding carboxylic acids is 2. The zero-order valence-corrected chi connectivity index (χ0v) is 19.0. The normalized spacial score (nSPS) is 15.7. The molecule has 1 aromatic rings. The first kappa shape index (κ1) is 25.8. The molecule has 32 heavy (non-hydrogen) atoms. The molecule has 1 aliphatic rings. The minimum atomic E-state index is -4.06. The van der Waals surface area contributed by atoms with Gasteiger partial charge in [-0.05, 0) is 57.3 Å². The van der Waals surface area contributed by atoms with Gasteiger partial charge in [-0.1, -0.05) is 17.7 Å². The van der Waals surface area contributed by atoms with Crippen LogP contribution in [0, 0.1) is 12.8 Å². The van der Waals surface area contributed by atoms with Gasteiger partial charge >= 0.3 is 5.97 Å². The molecule has 178 valence electrons. The van der Waals surface area contributed by atoms with E-state index in [0.717, 1.165) is 37.9 Å². The monoisotopic (exact) mass is 468 g/mol. The molecule has 1 heterocycles. The van der Waals surface area contributed by atoms with Crippen LogP contribution >= 0.6 is 0 Å². The first-order valence-corrected chi connectivity index (χ1v) is 12.2. The van der Waals surface area contributed by atoms with Gasteiger partial charge in [0.1, 0.15) is 6.04 Å². The Balaban J connectivity index is 1.71. The summed E-state index contributed by atoms with van der Waals surface area (Å²) in [6.07, 6.45) is 3.33. The maximum atomic E-state index is 12.4. The fourth-order valence-corrected chi connectivity index (χ4v) is 4.56. The van der Waals surface area contributed by atoms with Crippen LogP contribution in [0.1, 0.15) is 37.7 Å². The summed E-state index contributed by atoms with van der Waals surface area (Å²) in [5, 5.41) is 17.7. The highest BCUT2D eigenvalue weighted by molar-refractivity contribution is 7.89. The number of carboxylic acid groups (broad SMARTS) is 1. The highest BCUT2D eigenvalue weighted by atomic mass is 32.2. The number of carboxylic acids is 1. The highest BCUT2D eigenvalue weighted by Gasteiger charge is 2.26. The van der Waals surface area contributed by atoms with E-state index < -0.39 is 34.5 Å². The van der Waals surface area contributed by atoms with E-state index in [4.69, 9.17) is 0 Å². The number of benzene rings is 1. The van der Waals surface area contributed by atoms with E-state index in [1.165, 1.54) is 12.1 Å². The van der Waals surface area contributed by atoms with Crippen LogP contribution < -0.4 is 20.7 Å². The molecule has 0 bridgehead atoms. The summed E-state index contributed by atoms with van der Waals surface area (Å²) in [5.41, 5.74) is 0.865. The quantitative estimate of drug-likeness (QED) is 0.292. The number of sulfonamides is 1. The number of hydrogen-bond acceptors (Lipinski definition) is 6. The molecule has 1 fully saturated rings. The van der Waals surface area contributed by atoms with Crippen LogP contribution in [0.15, 0.2) is 29.2 Å². The van der Waals surface area contributed by atoms with Crippen molar-refractivity contribution in [2.45, 2.75) is 50.0 Å². The second kappa shape index (κ2) is 12.5. The Morgan fingerprint density at radius 2 is 1.69 bits per heavy atom. The lowest BCUT2D eigenvalue weighted by Gasteiger charge is -2.22. The first-order chi connectivity index (χ1) is 15.2. The van der Waals surface area contributed by atoms with Crippen molar-refractivity contribution in [2.24, 2.45) is 5.92 Å². The SMILES string of the molecule is Cc1ccc(S(=O)(=O)N[C@@H](CNC(=O)CCNC(=O)CCC2CCNCC2)C(=O)O)cc1. The average molecular weight is 469 g/mol. The molecule has 10 nitrogen and oxygen atoms in total. The molecule has 0 aliphatic carbocycles. The Morgan fingerprint density at radius 3 is 2.31 bits per heavy atom. The Bertz CT molecular complexity index is 882. The van der Waals surface area contributed by atoms with E-state index in [9.17, 15) is 27.9 Å². The van der Waals surface area contributed by atoms with E-state index in [1.807, 2.05) is 0 Å². The second-order valence-corrected chi connectivity index (χ2v) is 9.68. The van der Waals surface area contributed by atoms with Crippen molar-refractivity contribution in [3.8, 4) is 0 Å². The number of hydrogen-bond donors (Lipinski definition) is 5. The third kappa shape index (κ3) is 8.93. The first-order valence-electron chi connectivity index (χ1n) is 10.7. The van der Waals surface area contributed by atoms with Gasteiger partial charge in [0.25, 0.3) is 0 Å². The lowest BCUT2D eigenvalue weighted by atomic mass is 9.93. The predicted octanol–water partition coefficient (Wildman–Crippen LogP) is 0.129. The van der Waals surface area contributed by atoms with E-state index >= 15 is 0 Å². The van der Waals surface area contributed by atoms with Crippen LogP contribution in [0.2, 0.25) is 0 Å². The maximum absolute atomic E-state index is 12.4. The van der Waals surface area contributed by atoms with Crippen molar-refractivity contribution < 1.29 is 27.9 Å². The highest BCUT2D eigenvalue weighted by Crippen LogP contribution is 2.17. The summed E-state index contributed by atoms with van der Waals surface area (Å²) < 4.78 is 26.9. The van der Waals surface area contributed by atoms with Gasteiger partial charge in [-0.25, -0.2) is 8.42 Å². The van der Waals surface area contributed by atoms with Crippen LogP contribution in [0.25, 0.3) is 0 Å². The number of aryl methyl sites for hydroxylation is 1. The molecular weight excluding hydrogens is 436 g/mol. The Labute approximate surface area is 188 Å². The molecule has 5 N–H and O–H groups in total. The van der Waals surface area contributed by atoms with Gasteiger partial charge in [-0.15, -0.1) is 0 Å². The number of rotatable bonds is 12. The van der Waals surface area contributed by atoms with Crippen LogP contribution in [0.4, 0.5) is 0 Å². The van der Waals surface area contributed by atoms with Gasteiger partial charge in [0.2, 0.25) is 21.8 Å². The van der Waals surface area contributed by atoms with Crippen molar-refractivity contribution >= 4 is 27.8 Å². The van der Waals surface area contributed by atoms with Crippen molar-refractivity contribution in [3.05, 3.63) is 29.8 Å². The van der Waals surface area contributed by atoms with Gasteiger partial charge in [-0.2, -0.15) is 4.72 Å². The lowest BCUT2D eigenvalue weighted by Crippen LogP contribution is -2.48. The number of carbonyl (C=O) groups is 3. The van der Waals surface area contributed by atoms with Gasteiger partial charge in [0.15, 0.2) is 0 Å². The van der Waals surface area contributed by atoms with Gasteiger partial charge in [-0.3, -0.25) is 14.4 Å². The average Bonchev–Trinajstić information content (AvgIpc) is 2.76. The number of amides is 2. The number of nitrogens with one attached hydrogen (secondary N) is 4. The van der Waals surface area contributed by atoms with E-state index in [1.54, 1.807) is 19.1 Å². The van der Waals surface area contributed by atoms with Gasteiger partial charge in [0.05, 0.1) is 4.90 Å². The van der Waals surface area contributed by atoms with Crippen LogP contribution in [0.5, 0.6) is 0 Å². The van der Waals surface area contributed by atoms with Crippen molar-refractivity contribution in [3.63, 3.8) is 0 Å². The molecule has 0 unspecified atom stereocenters. The van der Waals surface area contributed by atoms with E-state index in [-0.39, 0.29) is 23.8 Å². The van der Waals surface area contributed by atoms with E-state index in [2.05, 4.69) is 20.7 Å².